The average Bonchev–Trinajstić information content (AvgIpc) is 2.23. The summed E-state index contributed by atoms with van der Waals surface area (Å²) in [5, 5.41) is 0. The number of hydrogen-bond acceptors (Lipinski definition) is 3. The van der Waals surface area contributed by atoms with Crippen molar-refractivity contribution in [2.24, 2.45) is 5.73 Å². The van der Waals surface area contributed by atoms with Crippen LogP contribution in [-0.4, -0.2) is 19.6 Å². The van der Waals surface area contributed by atoms with Gasteiger partial charge in [0.25, 0.3) is 5.91 Å². The average molecular weight is 229 g/mol. The summed E-state index contributed by atoms with van der Waals surface area (Å²) in [6, 6.07) is 5.63. The number of nitrogens with two attached hydrogens (primary N) is 1. The van der Waals surface area contributed by atoms with Crippen LogP contribution in [0.2, 0.25) is 0 Å². The number of fused-ring (bicyclic) bond motifs is 1. The second-order valence-corrected chi connectivity index (χ2v) is 3.25. The number of carbonyl (C=O) groups is 1. The van der Waals surface area contributed by atoms with Crippen LogP contribution in [0.4, 0.5) is 5.69 Å². The quantitative estimate of drug-likeness (QED) is 0.778. The van der Waals surface area contributed by atoms with Gasteiger partial charge in [-0.1, -0.05) is 6.07 Å². The molecule has 2 N–H and O–H groups in total. The molecule has 4 nitrogen and oxygen atoms in total. The van der Waals surface area contributed by atoms with Crippen molar-refractivity contribution in [2.45, 2.75) is 6.54 Å². The molecule has 0 unspecified atom stereocenters. The molecular weight excluding hydrogens is 216 g/mol. The van der Waals surface area contributed by atoms with Gasteiger partial charge in [0.1, 0.15) is 5.75 Å². The predicted molar refractivity (Wildman–Crippen MR) is 60.5 cm³/mol. The molecule has 1 aliphatic heterocycles. The molecule has 1 aromatic carbocycles. The van der Waals surface area contributed by atoms with Crippen molar-refractivity contribution in [2.75, 3.05) is 18.6 Å². The first-order valence-corrected chi connectivity index (χ1v) is 4.44. The minimum absolute atomic E-state index is 0. The predicted octanol–water partition coefficient (Wildman–Crippen LogP) is 0.922. The standard InChI is InChI=1S/C10H12N2O2.ClH/c1-12-8-4-7(5-11)2-3-9(8)14-6-10(12)13;/h2-4H,5-6,11H2,1H3;1H. The van der Waals surface area contributed by atoms with E-state index in [1.54, 1.807) is 11.9 Å². The first-order valence-electron chi connectivity index (χ1n) is 4.44. The van der Waals surface area contributed by atoms with Crippen LogP contribution in [0.3, 0.4) is 0 Å². The van der Waals surface area contributed by atoms with E-state index in [4.69, 9.17) is 10.5 Å². The van der Waals surface area contributed by atoms with Gasteiger partial charge in [-0.15, -0.1) is 12.4 Å². The normalized spacial score (nSPS) is 14.0. The summed E-state index contributed by atoms with van der Waals surface area (Å²) >= 11 is 0. The summed E-state index contributed by atoms with van der Waals surface area (Å²) in [6.45, 7) is 0.584. The second kappa shape index (κ2) is 4.51. The van der Waals surface area contributed by atoms with E-state index in [1.165, 1.54) is 0 Å². The molecular formula is C10H13ClN2O2. The topological polar surface area (TPSA) is 55.6 Å². The number of likely N-dealkylation sites (N-methyl/N-ethyl adjacent to an activating group) is 1. The molecule has 2 rings (SSSR count). The summed E-state index contributed by atoms with van der Waals surface area (Å²) in [4.78, 5) is 12.9. The molecule has 82 valence electrons. The molecule has 0 bridgehead atoms. The van der Waals surface area contributed by atoms with E-state index in [0.29, 0.717) is 6.54 Å². The molecule has 0 saturated heterocycles. The van der Waals surface area contributed by atoms with Gasteiger partial charge in [0.15, 0.2) is 6.61 Å². The van der Waals surface area contributed by atoms with Crippen LogP contribution in [0.25, 0.3) is 0 Å². The van der Waals surface area contributed by atoms with Crippen LogP contribution in [0.15, 0.2) is 18.2 Å². The summed E-state index contributed by atoms with van der Waals surface area (Å²) in [7, 11) is 1.74. The van der Waals surface area contributed by atoms with E-state index in [1.807, 2.05) is 18.2 Å². The number of anilines is 1. The van der Waals surface area contributed by atoms with Gasteiger partial charge in [-0.05, 0) is 17.7 Å². The molecule has 0 aliphatic carbocycles. The molecule has 0 atom stereocenters. The Bertz CT molecular complexity index is 382. The van der Waals surface area contributed by atoms with Gasteiger partial charge >= 0.3 is 0 Å². The Morgan fingerprint density at radius 3 is 2.93 bits per heavy atom. The minimum Gasteiger partial charge on any atom is -0.482 e. The monoisotopic (exact) mass is 228 g/mol. The third-order valence-electron chi connectivity index (χ3n) is 2.35. The lowest BCUT2D eigenvalue weighted by molar-refractivity contribution is -0.120. The second-order valence-electron chi connectivity index (χ2n) is 3.25. The number of nitrogens with zero attached hydrogens (tertiary/aromatic N) is 1. The van der Waals surface area contributed by atoms with Crippen molar-refractivity contribution in [1.29, 1.82) is 0 Å². The highest BCUT2D eigenvalue weighted by atomic mass is 35.5. The first-order chi connectivity index (χ1) is 6.72. The molecule has 0 radical (unpaired) electrons. The molecule has 1 aliphatic rings. The van der Waals surface area contributed by atoms with Crippen molar-refractivity contribution in [1.82, 2.24) is 0 Å². The SMILES string of the molecule is CN1C(=O)COc2ccc(CN)cc21.Cl. The maximum Gasteiger partial charge on any atom is 0.264 e. The number of benzene rings is 1. The van der Waals surface area contributed by atoms with Gasteiger partial charge < -0.3 is 15.4 Å². The fourth-order valence-electron chi connectivity index (χ4n) is 1.44. The zero-order valence-corrected chi connectivity index (χ0v) is 9.21. The third kappa shape index (κ3) is 2.06. The van der Waals surface area contributed by atoms with E-state index in [-0.39, 0.29) is 24.9 Å². The Kier molecular flexibility index (Phi) is 3.55. The van der Waals surface area contributed by atoms with Gasteiger partial charge in [-0.2, -0.15) is 0 Å². The van der Waals surface area contributed by atoms with Crippen LogP contribution < -0.4 is 15.4 Å². The molecule has 0 fully saturated rings. The molecule has 1 amide bonds. The Balaban J connectivity index is 0.00000112. The van der Waals surface area contributed by atoms with E-state index in [9.17, 15) is 4.79 Å². The van der Waals surface area contributed by atoms with Crippen molar-refractivity contribution >= 4 is 24.0 Å². The molecule has 0 saturated carbocycles. The van der Waals surface area contributed by atoms with Crippen molar-refractivity contribution < 1.29 is 9.53 Å². The van der Waals surface area contributed by atoms with Crippen LogP contribution in [0.1, 0.15) is 5.56 Å². The summed E-state index contributed by atoms with van der Waals surface area (Å²) in [5.74, 6) is 0.705. The maximum atomic E-state index is 11.3. The number of amides is 1. The van der Waals surface area contributed by atoms with E-state index in [0.717, 1.165) is 17.0 Å². The molecule has 5 heteroatoms. The number of carbonyl (C=O) groups excluding carboxylic acids is 1. The van der Waals surface area contributed by atoms with Crippen LogP contribution in [0.5, 0.6) is 5.75 Å². The lowest BCUT2D eigenvalue weighted by atomic mass is 10.1. The lowest BCUT2D eigenvalue weighted by Gasteiger charge is -2.26. The van der Waals surface area contributed by atoms with E-state index in [2.05, 4.69) is 0 Å². The maximum absolute atomic E-state index is 11.3. The molecule has 15 heavy (non-hydrogen) atoms. The summed E-state index contributed by atoms with van der Waals surface area (Å²) in [5.41, 5.74) is 7.31. The van der Waals surface area contributed by atoms with E-state index < -0.39 is 0 Å². The zero-order chi connectivity index (χ0) is 10.1. The largest absolute Gasteiger partial charge is 0.482 e. The van der Waals surface area contributed by atoms with Crippen LogP contribution in [-0.2, 0) is 11.3 Å². The van der Waals surface area contributed by atoms with Gasteiger partial charge in [-0.25, -0.2) is 0 Å². The highest BCUT2D eigenvalue weighted by Gasteiger charge is 2.21. The zero-order valence-electron chi connectivity index (χ0n) is 8.40. The first kappa shape index (κ1) is 11.8. The third-order valence-corrected chi connectivity index (χ3v) is 2.35. The Morgan fingerprint density at radius 2 is 2.27 bits per heavy atom. The Labute approximate surface area is 94.4 Å². The molecule has 1 aromatic rings. The fourth-order valence-corrected chi connectivity index (χ4v) is 1.44. The number of hydrogen-bond donors (Lipinski definition) is 1. The Morgan fingerprint density at radius 1 is 1.53 bits per heavy atom. The number of halogens is 1. The summed E-state index contributed by atoms with van der Waals surface area (Å²) in [6.07, 6.45) is 0. The smallest absolute Gasteiger partial charge is 0.264 e. The summed E-state index contributed by atoms with van der Waals surface area (Å²) < 4.78 is 5.27. The minimum atomic E-state index is -0.0355. The number of ether oxygens (including phenoxy) is 1. The van der Waals surface area contributed by atoms with Crippen molar-refractivity contribution in [3.8, 4) is 5.75 Å². The van der Waals surface area contributed by atoms with E-state index >= 15 is 0 Å². The fraction of sp³-hybridized carbons (Fsp3) is 0.300. The molecule has 1 heterocycles. The lowest BCUT2D eigenvalue weighted by Crippen LogP contribution is -2.35. The van der Waals surface area contributed by atoms with Crippen LogP contribution >= 0.6 is 12.4 Å². The van der Waals surface area contributed by atoms with Crippen LogP contribution in [0, 0.1) is 0 Å². The highest BCUT2D eigenvalue weighted by Crippen LogP contribution is 2.31. The van der Waals surface area contributed by atoms with Gasteiger partial charge in [0.05, 0.1) is 5.69 Å². The molecule has 0 spiro atoms. The van der Waals surface area contributed by atoms with Crippen molar-refractivity contribution in [3.05, 3.63) is 23.8 Å². The van der Waals surface area contributed by atoms with Gasteiger partial charge in [0, 0.05) is 13.6 Å². The van der Waals surface area contributed by atoms with Gasteiger partial charge in [0.2, 0.25) is 0 Å². The van der Waals surface area contributed by atoms with Crippen molar-refractivity contribution in [3.63, 3.8) is 0 Å². The molecule has 0 aromatic heterocycles. The Hall–Kier alpha value is -1.26. The number of rotatable bonds is 1. The highest BCUT2D eigenvalue weighted by molar-refractivity contribution is 5.97. The van der Waals surface area contributed by atoms with Gasteiger partial charge in [-0.3, -0.25) is 4.79 Å².